The molecule has 2 rings (SSSR count). The number of aromatic nitrogens is 2. The molecule has 0 radical (unpaired) electrons. The number of pyridine rings is 1. The summed E-state index contributed by atoms with van der Waals surface area (Å²) in [6, 6.07) is 1.80. The van der Waals surface area contributed by atoms with E-state index < -0.39 is 0 Å². The zero-order valence-electron chi connectivity index (χ0n) is 13.7. The van der Waals surface area contributed by atoms with Gasteiger partial charge in [-0.2, -0.15) is 0 Å². The Bertz CT molecular complexity index is 643. The molecule has 6 nitrogen and oxygen atoms in total. The molecule has 0 spiro atoms. The van der Waals surface area contributed by atoms with Gasteiger partial charge in [-0.05, 0) is 19.0 Å². The minimum absolute atomic E-state index is 0.131. The molecular formula is C16H24N4O2. The van der Waals surface area contributed by atoms with Gasteiger partial charge >= 0.3 is 0 Å². The first-order valence-electron chi connectivity index (χ1n) is 7.68. The molecule has 0 aliphatic rings. The largest absolute Gasteiger partial charge is 0.351 e. The van der Waals surface area contributed by atoms with Gasteiger partial charge < -0.3 is 15.2 Å². The molecule has 0 saturated carbocycles. The highest BCUT2D eigenvalue weighted by Gasteiger charge is 2.23. The van der Waals surface area contributed by atoms with Gasteiger partial charge in [0.2, 0.25) is 0 Å². The summed E-state index contributed by atoms with van der Waals surface area (Å²) in [4.78, 5) is 16.4. The van der Waals surface area contributed by atoms with Crippen LogP contribution in [0.3, 0.4) is 0 Å². The van der Waals surface area contributed by atoms with Crippen molar-refractivity contribution in [3.05, 3.63) is 23.5 Å². The topological polar surface area (TPSA) is 80.0 Å². The molecule has 0 aliphatic heterocycles. The summed E-state index contributed by atoms with van der Waals surface area (Å²) in [5.74, 6) is -0.131. The number of nitrogens with one attached hydrogen (secondary N) is 2. The van der Waals surface area contributed by atoms with Crippen molar-refractivity contribution in [2.24, 2.45) is 0 Å². The Morgan fingerprint density at radius 3 is 2.73 bits per heavy atom. The van der Waals surface area contributed by atoms with Gasteiger partial charge in [0, 0.05) is 24.7 Å². The predicted octanol–water partition coefficient (Wildman–Crippen LogP) is 2.25. The molecule has 2 aromatic heterocycles. The second-order valence-corrected chi connectivity index (χ2v) is 6.36. The van der Waals surface area contributed by atoms with Crippen LogP contribution in [0.1, 0.15) is 50.2 Å². The van der Waals surface area contributed by atoms with Crippen LogP contribution < -0.4 is 10.6 Å². The van der Waals surface area contributed by atoms with E-state index in [2.05, 4.69) is 48.5 Å². The minimum atomic E-state index is -0.161. The lowest BCUT2D eigenvalue weighted by atomic mass is 9.90. The first kappa shape index (κ1) is 16.4. The van der Waals surface area contributed by atoms with Gasteiger partial charge in [-0.25, -0.2) is 4.98 Å². The zero-order valence-corrected chi connectivity index (χ0v) is 13.7. The third kappa shape index (κ3) is 3.82. The lowest BCUT2D eigenvalue weighted by Gasteiger charge is -2.14. The molecule has 2 aromatic rings. The van der Waals surface area contributed by atoms with Crippen LogP contribution in [0.5, 0.6) is 0 Å². The minimum Gasteiger partial charge on any atom is -0.351 e. The SMILES string of the molecule is CCCNCCNC(=O)c1cnc2onc(C(C)(C)C)c2c1. The summed E-state index contributed by atoms with van der Waals surface area (Å²) in [6.07, 6.45) is 2.60. The van der Waals surface area contributed by atoms with Crippen LogP contribution in [0.15, 0.2) is 16.8 Å². The van der Waals surface area contributed by atoms with E-state index in [4.69, 9.17) is 4.52 Å². The Balaban J connectivity index is 2.10. The number of hydrogen-bond acceptors (Lipinski definition) is 5. The van der Waals surface area contributed by atoms with E-state index in [0.717, 1.165) is 30.6 Å². The molecule has 1 amide bonds. The van der Waals surface area contributed by atoms with E-state index in [1.165, 1.54) is 6.20 Å². The van der Waals surface area contributed by atoms with Gasteiger partial charge in [0.25, 0.3) is 11.6 Å². The molecule has 120 valence electrons. The highest BCUT2D eigenvalue weighted by atomic mass is 16.5. The fourth-order valence-electron chi connectivity index (χ4n) is 2.17. The Morgan fingerprint density at radius 1 is 1.27 bits per heavy atom. The van der Waals surface area contributed by atoms with Gasteiger partial charge in [-0.15, -0.1) is 0 Å². The fourth-order valence-corrected chi connectivity index (χ4v) is 2.17. The van der Waals surface area contributed by atoms with Crippen LogP contribution in [-0.4, -0.2) is 35.7 Å². The summed E-state index contributed by atoms with van der Waals surface area (Å²) < 4.78 is 5.23. The number of carbonyl (C=O) groups is 1. The highest BCUT2D eigenvalue weighted by Crippen LogP contribution is 2.28. The second kappa shape index (κ2) is 6.87. The number of fused-ring (bicyclic) bond motifs is 1. The molecule has 0 aliphatic carbocycles. The monoisotopic (exact) mass is 304 g/mol. The molecule has 22 heavy (non-hydrogen) atoms. The molecule has 6 heteroatoms. The summed E-state index contributed by atoms with van der Waals surface area (Å²) in [5.41, 5.74) is 1.64. The molecule has 2 N–H and O–H groups in total. The second-order valence-electron chi connectivity index (χ2n) is 6.36. The quantitative estimate of drug-likeness (QED) is 0.800. The van der Waals surface area contributed by atoms with E-state index in [1.807, 2.05) is 0 Å². The zero-order chi connectivity index (χ0) is 16.2. The van der Waals surface area contributed by atoms with Crippen molar-refractivity contribution in [2.45, 2.75) is 39.5 Å². The third-order valence-corrected chi connectivity index (χ3v) is 3.32. The molecule has 0 saturated heterocycles. The summed E-state index contributed by atoms with van der Waals surface area (Å²) in [6.45, 7) is 10.6. The Hall–Kier alpha value is -1.95. The molecular weight excluding hydrogens is 280 g/mol. The van der Waals surface area contributed by atoms with E-state index in [9.17, 15) is 4.79 Å². The lowest BCUT2D eigenvalue weighted by Crippen LogP contribution is -2.32. The lowest BCUT2D eigenvalue weighted by molar-refractivity contribution is 0.0953. The first-order chi connectivity index (χ1) is 10.4. The number of amides is 1. The number of hydrogen-bond donors (Lipinski definition) is 2. The van der Waals surface area contributed by atoms with E-state index >= 15 is 0 Å². The van der Waals surface area contributed by atoms with Gasteiger partial charge in [0.15, 0.2) is 0 Å². The maximum atomic E-state index is 12.2. The van der Waals surface area contributed by atoms with Crippen molar-refractivity contribution < 1.29 is 9.32 Å². The van der Waals surface area contributed by atoms with Crippen LogP contribution in [0, 0.1) is 0 Å². The normalized spacial score (nSPS) is 11.8. The third-order valence-electron chi connectivity index (χ3n) is 3.32. The van der Waals surface area contributed by atoms with Gasteiger partial charge in [0.05, 0.1) is 16.6 Å². The van der Waals surface area contributed by atoms with Crippen LogP contribution >= 0.6 is 0 Å². The maximum absolute atomic E-state index is 12.2. The van der Waals surface area contributed by atoms with Crippen LogP contribution in [-0.2, 0) is 5.41 Å². The van der Waals surface area contributed by atoms with Gasteiger partial charge in [-0.1, -0.05) is 32.9 Å². The summed E-state index contributed by atoms with van der Waals surface area (Å²) in [7, 11) is 0. The number of nitrogens with zero attached hydrogens (tertiary/aromatic N) is 2. The maximum Gasteiger partial charge on any atom is 0.257 e. The van der Waals surface area contributed by atoms with Crippen LogP contribution in [0.25, 0.3) is 11.1 Å². The summed E-state index contributed by atoms with van der Waals surface area (Å²) in [5, 5.41) is 11.0. The van der Waals surface area contributed by atoms with Crippen molar-refractivity contribution in [3.8, 4) is 0 Å². The molecule has 0 fully saturated rings. The number of rotatable bonds is 6. The van der Waals surface area contributed by atoms with Crippen molar-refractivity contribution in [1.82, 2.24) is 20.8 Å². The van der Waals surface area contributed by atoms with Gasteiger partial charge in [-0.3, -0.25) is 4.79 Å². The molecule has 2 heterocycles. The Morgan fingerprint density at radius 2 is 2.05 bits per heavy atom. The van der Waals surface area contributed by atoms with Crippen molar-refractivity contribution >= 4 is 17.0 Å². The van der Waals surface area contributed by atoms with Crippen LogP contribution in [0.4, 0.5) is 0 Å². The van der Waals surface area contributed by atoms with Crippen molar-refractivity contribution in [3.63, 3.8) is 0 Å². The Kier molecular flexibility index (Phi) is 5.13. The average molecular weight is 304 g/mol. The molecule has 0 aromatic carbocycles. The average Bonchev–Trinajstić information content (AvgIpc) is 2.89. The number of carbonyl (C=O) groups excluding carboxylic acids is 1. The van der Waals surface area contributed by atoms with Gasteiger partial charge in [0.1, 0.15) is 0 Å². The molecule has 0 bridgehead atoms. The predicted molar refractivity (Wildman–Crippen MR) is 86.0 cm³/mol. The standard InChI is InChI=1S/C16H24N4O2/c1-5-6-17-7-8-18-14(21)11-9-12-13(16(2,3)4)20-22-15(12)19-10-11/h9-10,17H,5-8H2,1-4H3,(H,18,21). The smallest absolute Gasteiger partial charge is 0.257 e. The fraction of sp³-hybridized carbons (Fsp3) is 0.562. The van der Waals surface area contributed by atoms with Crippen molar-refractivity contribution in [1.29, 1.82) is 0 Å². The molecule has 0 unspecified atom stereocenters. The Labute approximate surface area is 130 Å². The van der Waals surface area contributed by atoms with E-state index in [1.54, 1.807) is 6.07 Å². The van der Waals surface area contributed by atoms with E-state index in [-0.39, 0.29) is 11.3 Å². The first-order valence-corrected chi connectivity index (χ1v) is 7.68. The van der Waals surface area contributed by atoms with E-state index in [0.29, 0.717) is 17.8 Å². The van der Waals surface area contributed by atoms with Crippen LogP contribution in [0.2, 0.25) is 0 Å². The highest BCUT2D eigenvalue weighted by molar-refractivity contribution is 5.97. The van der Waals surface area contributed by atoms with Crippen molar-refractivity contribution in [2.75, 3.05) is 19.6 Å². The summed E-state index contributed by atoms with van der Waals surface area (Å²) >= 11 is 0. The molecule has 0 atom stereocenters.